The van der Waals surface area contributed by atoms with Gasteiger partial charge in [-0.25, -0.2) is 0 Å². The Balaban J connectivity index is 2.11. The number of hydrogen-bond acceptors (Lipinski definition) is 3. The molecule has 0 spiro atoms. The Bertz CT molecular complexity index is 216. The molecule has 1 unspecified atom stereocenters. The van der Waals surface area contributed by atoms with Gasteiger partial charge in [-0.3, -0.25) is 11.3 Å². The average molecular weight is 152 g/mol. The fourth-order valence-corrected chi connectivity index (χ4v) is 1.39. The van der Waals surface area contributed by atoms with Crippen LogP contribution >= 0.6 is 0 Å². The molecule has 1 aromatic rings. The molecule has 3 N–H and O–H groups in total. The maximum atomic E-state index is 5.41. The van der Waals surface area contributed by atoms with Crippen LogP contribution in [0.3, 0.4) is 0 Å². The Hall–Kier alpha value is -0.800. The van der Waals surface area contributed by atoms with Crippen LogP contribution < -0.4 is 11.3 Å². The molecule has 1 aromatic heterocycles. The summed E-state index contributed by atoms with van der Waals surface area (Å²) in [6.07, 6.45) is 5.99. The summed E-state index contributed by atoms with van der Waals surface area (Å²) in [5, 5.41) is 0. The highest BCUT2D eigenvalue weighted by Crippen LogP contribution is 2.40. The Morgan fingerprint density at radius 3 is 2.91 bits per heavy atom. The summed E-state index contributed by atoms with van der Waals surface area (Å²) in [4.78, 5) is 0. The van der Waals surface area contributed by atoms with Crippen LogP contribution in [0.15, 0.2) is 23.0 Å². The molecule has 1 saturated carbocycles. The van der Waals surface area contributed by atoms with Crippen molar-refractivity contribution in [1.29, 1.82) is 0 Å². The standard InChI is InChI=1S/C8H12N2O/c9-10-8(6-1-2-6)7-3-4-11-5-7/h3-6,8,10H,1-2,9H2. The second-order valence-corrected chi connectivity index (χ2v) is 3.04. The molecule has 1 atom stereocenters. The van der Waals surface area contributed by atoms with E-state index in [0.717, 1.165) is 11.5 Å². The monoisotopic (exact) mass is 152 g/mol. The van der Waals surface area contributed by atoms with Crippen LogP contribution in [-0.2, 0) is 0 Å². The van der Waals surface area contributed by atoms with Crippen molar-refractivity contribution in [3.05, 3.63) is 24.2 Å². The van der Waals surface area contributed by atoms with Crippen molar-refractivity contribution in [3.8, 4) is 0 Å². The van der Waals surface area contributed by atoms with E-state index in [4.69, 9.17) is 10.3 Å². The minimum Gasteiger partial charge on any atom is -0.472 e. The lowest BCUT2D eigenvalue weighted by Crippen LogP contribution is -2.29. The summed E-state index contributed by atoms with van der Waals surface area (Å²) in [5.41, 5.74) is 3.97. The Labute approximate surface area is 65.5 Å². The molecular formula is C8H12N2O. The lowest BCUT2D eigenvalue weighted by atomic mass is 10.1. The van der Waals surface area contributed by atoms with Crippen molar-refractivity contribution in [2.75, 3.05) is 0 Å². The highest BCUT2D eigenvalue weighted by atomic mass is 16.3. The van der Waals surface area contributed by atoms with Gasteiger partial charge in [0.05, 0.1) is 18.6 Å². The molecular weight excluding hydrogens is 140 g/mol. The Kier molecular flexibility index (Phi) is 1.68. The smallest absolute Gasteiger partial charge is 0.0950 e. The van der Waals surface area contributed by atoms with E-state index in [-0.39, 0.29) is 0 Å². The van der Waals surface area contributed by atoms with Gasteiger partial charge in [0.25, 0.3) is 0 Å². The molecule has 0 saturated heterocycles. The summed E-state index contributed by atoms with van der Waals surface area (Å²) < 4.78 is 4.98. The van der Waals surface area contributed by atoms with Crippen LogP contribution in [0, 0.1) is 5.92 Å². The third kappa shape index (κ3) is 1.29. The summed E-state index contributed by atoms with van der Waals surface area (Å²) in [5.74, 6) is 6.13. The van der Waals surface area contributed by atoms with Crippen LogP contribution in [0.2, 0.25) is 0 Å². The predicted molar refractivity (Wildman–Crippen MR) is 41.5 cm³/mol. The molecule has 60 valence electrons. The highest BCUT2D eigenvalue weighted by Gasteiger charge is 2.31. The van der Waals surface area contributed by atoms with Gasteiger partial charge >= 0.3 is 0 Å². The number of rotatable bonds is 3. The van der Waals surface area contributed by atoms with Crippen molar-refractivity contribution in [3.63, 3.8) is 0 Å². The van der Waals surface area contributed by atoms with Crippen molar-refractivity contribution >= 4 is 0 Å². The van der Waals surface area contributed by atoms with Gasteiger partial charge in [0.15, 0.2) is 0 Å². The zero-order chi connectivity index (χ0) is 7.68. The predicted octanol–water partition coefficient (Wildman–Crippen LogP) is 1.19. The molecule has 0 amide bonds. The van der Waals surface area contributed by atoms with Gasteiger partial charge in [-0.1, -0.05) is 0 Å². The molecule has 3 nitrogen and oxygen atoms in total. The topological polar surface area (TPSA) is 51.2 Å². The molecule has 1 aliphatic carbocycles. The van der Waals surface area contributed by atoms with Gasteiger partial charge in [-0.15, -0.1) is 0 Å². The molecule has 0 aromatic carbocycles. The van der Waals surface area contributed by atoms with Gasteiger partial charge in [-0.2, -0.15) is 0 Å². The zero-order valence-electron chi connectivity index (χ0n) is 6.29. The van der Waals surface area contributed by atoms with Crippen molar-refractivity contribution in [2.45, 2.75) is 18.9 Å². The van der Waals surface area contributed by atoms with Crippen LogP contribution in [0.25, 0.3) is 0 Å². The number of hydrazine groups is 1. The van der Waals surface area contributed by atoms with E-state index in [1.165, 1.54) is 12.8 Å². The van der Waals surface area contributed by atoms with Crippen molar-refractivity contribution in [2.24, 2.45) is 11.8 Å². The summed E-state index contributed by atoms with van der Waals surface area (Å²) in [6, 6.07) is 2.26. The van der Waals surface area contributed by atoms with Crippen LogP contribution in [0.5, 0.6) is 0 Å². The van der Waals surface area contributed by atoms with Crippen LogP contribution in [-0.4, -0.2) is 0 Å². The first-order valence-corrected chi connectivity index (χ1v) is 3.90. The maximum absolute atomic E-state index is 5.41. The first-order valence-electron chi connectivity index (χ1n) is 3.90. The number of nitrogens with two attached hydrogens (primary N) is 1. The zero-order valence-corrected chi connectivity index (χ0v) is 6.29. The third-order valence-electron chi connectivity index (χ3n) is 2.18. The van der Waals surface area contributed by atoms with E-state index in [2.05, 4.69) is 5.43 Å². The van der Waals surface area contributed by atoms with Gasteiger partial charge in [0.2, 0.25) is 0 Å². The molecule has 1 fully saturated rings. The first kappa shape index (κ1) is 6.88. The third-order valence-corrected chi connectivity index (χ3v) is 2.18. The van der Waals surface area contributed by atoms with Crippen molar-refractivity contribution < 1.29 is 4.42 Å². The van der Waals surface area contributed by atoms with E-state index < -0.39 is 0 Å². The summed E-state index contributed by atoms with van der Waals surface area (Å²) in [7, 11) is 0. The van der Waals surface area contributed by atoms with E-state index >= 15 is 0 Å². The molecule has 0 bridgehead atoms. The molecule has 1 aliphatic rings. The molecule has 2 rings (SSSR count). The molecule has 1 heterocycles. The van der Waals surface area contributed by atoms with Gasteiger partial charge in [0.1, 0.15) is 0 Å². The number of hydrogen-bond donors (Lipinski definition) is 2. The van der Waals surface area contributed by atoms with E-state index in [9.17, 15) is 0 Å². The van der Waals surface area contributed by atoms with Crippen LogP contribution in [0.1, 0.15) is 24.4 Å². The summed E-state index contributed by atoms with van der Waals surface area (Å²) >= 11 is 0. The lowest BCUT2D eigenvalue weighted by molar-refractivity contribution is 0.485. The fourth-order valence-electron chi connectivity index (χ4n) is 1.39. The first-order chi connectivity index (χ1) is 5.42. The van der Waals surface area contributed by atoms with Crippen molar-refractivity contribution in [1.82, 2.24) is 5.43 Å². The number of nitrogens with one attached hydrogen (secondary N) is 1. The lowest BCUT2D eigenvalue weighted by Gasteiger charge is -2.11. The largest absolute Gasteiger partial charge is 0.472 e. The SMILES string of the molecule is NNC(c1ccoc1)C1CC1. The maximum Gasteiger partial charge on any atom is 0.0950 e. The van der Waals surface area contributed by atoms with Crippen LogP contribution in [0.4, 0.5) is 0 Å². The van der Waals surface area contributed by atoms with E-state index in [0.29, 0.717) is 6.04 Å². The summed E-state index contributed by atoms with van der Waals surface area (Å²) in [6.45, 7) is 0. The minimum absolute atomic E-state index is 0.300. The normalized spacial score (nSPS) is 20.1. The molecule has 3 heteroatoms. The van der Waals surface area contributed by atoms with Gasteiger partial charge in [0, 0.05) is 5.56 Å². The van der Waals surface area contributed by atoms with E-state index in [1.54, 1.807) is 12.5 Å². The fraction of sp³-hybridized carbons (Fsp3) is 0.500. The highest BCUT2D eigenvalue weighted by molar-refractivity contribution is 5.14. The molecule has 0 radical (unpaired) electrons. The van der Waals surface area contributed by atoms with Gasteiger partial charge < -0.3 is 4.42 Å². The van der Waals surface area contributed by atoms with E-state index in [1.807, 2.05) is 6.07 Å². The second kappa shape index (κ2) is 2.68. The Morgan fingerprint density at radius 1 is 1.64 bits per heavy atom. The minimum atomic E-state index is 0.300. The quantitative estimate of drug-likeness (QED) is 0.505. The average Bonchev–Trinajstić information content (AvgIpc) is 2.68. The van der Waals surface area contributed by atoms with Gasteiger partial charge in [-0.05, 0) is 24.8 Å². The Morgan fingerprint density at radius 2 is 2.45 bits per heavy atom. The molecule has 11 heavy (non-hydrogen) atoms. The second-order valence-electron chi connectivity index (χ2n) is 3.04. The molecule has 0 aliphatic heterocycles. The number of furan rings is 1.